The van der Waals surface area contributed by atoms with Crippen molar-refractivity contribution in [3.05, 3.63) is 0 Å². The van der Waals surface area contributed by atoms with E-state index in [0.717, 1.165) is 0 Å². The third kappa shape index (κ3) is 7.46. The van der Waals surface area contributed by atoms with E-state index in [-0.39, 0.29) is 31.6 Å². The van der Waals surface area contributed by atoms with Gasteiger partial charge in [0.15, 0.2) is 0 Å². The minimum absolute atomic E-state index is 0.114. The van der Waals surface area contributed by atoms with Gasteiger partial charge in [-0.25, -0.2) is 4.57 Å². The summed E-state index contributed by atoms with van der Waals surface area (Å²) in [5, 5.41) is 0.547. The molecule has 0 unspecified atom stereocenters. The average molecular weight is 330 g/mol. The molecule has 0 N–H and O–H groups in total. The molecule has 0 aliphatic heterocycles. The normalized spacial score (nSPS) is 11.9. The second-order valence-electron chi connectivity index (χ2n) is 2.01. The Balaban J connectivity index is 3.97. The van der Waals surface area contributed by atoms with E-state index in [1.807, 2.05) is 0 Å². The summed E-state index contributed by atoms with van der Waals surface area (Å²) in [5.74, 6) is 0.456. The smallest absolute Gasteiger partial charge is 0.286 e. The van der Waals surface area contributed by atoms with Crippen LogP contribution in [0.3, 0.4) is 0 Å². The maximum Gasteiger partial charge on any atom is 0.474 e. The summed E-state index contributed by atoms with van der Waals surface area (Å²) in [7, 11) is -3.47. The molecule has 0 aromatic carbocycles. The highest BCUT2D eigenvalue weighted by molar-refractivity contribution is 9.09. The molecule has 0 atom stereocenters. The molecule has 0 aliphatic rings. The first kappa shape index (κ1) is 15.2. The van der Waals surface area contributed by atoms with Gasteiger partial charge >= 0.3 is 7.82 Å². The lowest BCUT2D eigenvalue weighted by atomic mass is 10.9. The maximum atomic E-state index is 11.7. The van der Waals surface area contributed by atoms with Crippen molar-refractivity contribution in [3.8, 4) is 0 Å². The predicted molar refractivity (Wildman–Crippen MR) is 60.7 cm³/mol. The summed E-state index contributed by atoms with van der Waals surface area (Å²) in [4.78, 5) is 0. The molecule has 0 radical (unpaired) electrons. The Bertz CT molecular complexity index is 155. The fourth-order valence-corrected chi connectivity index (χ4v) is 2.50. The molecule has 0 amide bonds. The molecule has 0 heterocycles. The molecular formula is C6H12BrCl2O4P. The summed E-state index contributed by atoms with van der Waals surface area (Å²) < 4.78 is 26.4. The lowest BCUT2D eigenvalue weighted by Gasteiger charge is -2.16. The van der Waals surface area contributed by atoms with Gasteiger partial charge in [-0.2, -0.15) is 0 Å². The Hall–Kier alpha value is 1.17. The van der Waals surface area contributed by atoms with E-state index >= 15 is 0 Å². The largest absolute Gasteiger partial charge is 0.474 e. The second kappa shape index (κ2) is 9.40. The number of rotatable bonds is 9. The van der Waals surface area contributed by atoms with Gasteiger partial charge in [0.25, 0.3) is 0 Å². The third-order valence-corrected chi connectivity index (χ3v) is 3.11. The van der Waals surface area contributed by atoms with Crippen molar-refractivity contribution in [1.29, 1.82) is 0 Å². The van der Waals surface area contributed by atoms with Crippen LogP contribution in [0.15, 0.2) is 0 Å². The van der Waals surface area contributed by atoms with Crippen LogP contribution in [-0.2, 0) is 18.1 Å². The fraction of sp³-hybridized carbons (Fsp3) is 1.00. The molecule has 0 rings (SSSR count). The van der Waals surface area contributed by atoms with Crippen molar-refractivity contribution in [1.82, 2.24) is 0 Å². The minimum atomic E-state index is -3.47. The van der Waals surface area contributed by atoms with Crippen LogP contribution in [0.25, 0.3) is 0 Å². The van der Waals surface area contributed by atoms with Crippen molar-refractivity contribution in [3.63, 3.8) is 0 Å². The highest BCUT2D eigenvalue weighted by Crippen LogP contribution is 2.49. The van der Waals surface area contributed by atoms with E-state index in [1.54, 1.807) is 0 Å². The Morgan fingerprint density at radius 3 is 1.79 bits per heavy atom. The lowest BCUT2D eigenvalue weighted by molar-refractivity contribution is 0.128. The Kier molecular flexibility index (Phi) is 10.2. The van der Waals surface area contributed by atoms with Crippen LogP contribution < -0.4 is 0 Å². The number of phosphoric ester groups is 1. The standard InChI is InChI=1S/C6H12BrCl2O4P/c7-1-4-11-14(10,12-5-2-8)13-6-3-9/h1-6H2. The van der Waals surface area contributed by atoms with Crippen LogP contribution in [0.5, 0.6) is 0 Å². The Morgan fingerprint density at radius 1 is 1.00 bits per heavy atom. The molecule has 86 valence electrons. The molecule has 0 saturated heterocycles. The van der Waals surface area contributed by atoms with Crippen molar-refractivity contribution >= 4 is 47.0 Å². The van der Waals surface area contributed by atoms with Crippen molar-refractivity contribution in [2.75, 3.05) is 36.9 Å². The highest BCUT2D eigenvalue weighted by atomic mass is 79.9. The van der Waals surface area contributed by atoms with Crippen LogP contribution in [0.2, 0.25) is 0 Å². The van der Waals surface area contributed by atoms with Crippen LogP contribution in [0.4, 0.5) is 0 Å². The first-order valence-electron chi connectivity index (χ1n) is 3.90. The summed E-state index contributed by atoms with van der Waals surface area (Å²) >= 11 is 13.9. The van der Waals surface area contributed by atoms with E-state index in [2.05, 4.69) is 15.9 Å². The first-order chi connectivity index (χ1) is 6.68. The number of hydrogen-bond donors (Lipinski definition) is 0. The van der Waals surface area contributed by atoms with E-state index in [0.29, 0.717) is 5.33 Å². The Labute approximate surface area is 102 Å². The molecule has 0 spiro atoms. The van der Waals surface area contributed by atoms with Gasteiger partial charge in [0.1, 0.15) is 0 Å². The molecule has 4 nitrogen and oxygen atoms in total. The molecule has 0 aromatic rings. The minimum Gasteiger partial charge on any atom is -0.286 e. The SMILES string of the molecule is O=P(OCCCl)(OCCCl)OCCBr. The molecule has 0 bridgehead atoms. The maximum absolute atomic E-state index is 11.7. The lowest BCUT2D eigenvalue weighted by Crippen LogP contribution is -2.05. The van der Waals surface area contributed by atoms with Gasteiger partial charge in [0, 0.05) is 17.1 Å². The monoisotopic (exact) mass is 328 g/mol. The summed E-state index contributed by atoms with van der Waals surface area (Å²) in [6.45, 7) is 0.467. The molecule has 0 fully saturated rings. The van der Waals surface area contributed by atoms with Crippen molar-refractivity contribution in [2.24, 2.45) is 0 Å². The van der Waals surface area contributed by atoms with E-state index in [1.165, 1.54) is 0 Å². The van der Waals surface area contributed by atoms with Gasteiger partial charge in [-0.05, 0) is 0 Å². The summed E-state index contributed by atoms with van der Waals surface area (Å²) in [5.41, 5.74) is 0. The van der Waals surface area contributed by atoms with E-state index in [4.69, 9.17) is 36.8 Å². The molecule has 0 saturated carbocycles. The zero-order valence-corrected chi connectivity index (χ0v) is 11.4. The predicted octanol–water partition coefficient (Wildman–Crippen LogP) is 3.02. The Morgan fingerprint density at radius 2 is 1.43 bits per heavy atom. The average Bonchev–Trinajstić information content (AvgIpc) is 2.21. The number of phosphoric acid groups is 1. The van der Waals surface area contributed by atoms with Gasteiger partial charge in [-0.15, -0.1) is 23.2 Å². The highest BCUT2D eigenvalue weighted by Gasteiger charge is 2.25. The van der Waals surface area contributed by atoms with Crippen LogP contribution in [-0.4, -0.2) is 36.9 Å². The second-order valence-corrected chi connectivity index (χ2v) is 5.23. The van der Waals surface area contributed by atoms with Gasteiger partial charge in [-0.3, -0.25) is 13.6 Å². The molecule has 0 aromatic heterocycles. The third-order valence-electron chi connectivity index (χ3n) is 0.980. The van der Waals surface area contributed by atoms with Gasteiger partial charge in [-0.1, -0.05) is 15.9 Å². The molecule has 0 aliphatic carbocycles. The van der Waals surface area contributed by atoms with E-state index < -0.39 is 7.82 Å². The quantitative estimate of drug-likeness (QED) is 0.482. The van der Waals surface area contributed by atoms with E-state index in [9.17, 15) is 4.57 Å². The van der Waals surface area contributed by atoms with Gasteiger partial charge in [0.05, 0.1) is 19.8 Å². The first-order valence-corrected chi connectivity index (χ1v) is 7.55. The topological polar surface area (TPSA) is 44.8 Å². The number of hydrogen-bond acceptors (Lipinski definition) is 4. The molecule has 14 heavy (non-hydrogen) atoms. The van der Waals surface area contributed by atoms with Gasteiger partial charge < -0.3 is 0 Å². The molecule has 8 heteroatoms. The van der Waals surface area contributed by atoms with Crippen LogP contribution >= 0.6 is 47.0 Å². The zero-order valence-electron chi connectivity index (χ0n) is 7.46. The van der Waals surface area contributed by atoms with Crippen LogP contribution in [0, 0.1) is 0 Å². The fourth-order valence-electron chi connectivity index (χ4n) is 0.551. The number of halogens is 3. The summed E-state index contributed by atoms with van der Waals surface area (Å²) in [6.07, 6.45) is 0. The van der Waals surface area contributed by atoms with Crippen molar-refractivity contribution < 1.29 is 18.1 Å². The van der Waals surface area contributed by atoms with Crippen LogP contribution in [0.1, 0.15) is 0 Å². The summed E-state index contributed by atoms with van der Waals surface area (Å²) in [6, 6.07) is 0. The zero-order chi connectivity index (χ0) is 10.9. The van der Waals surface area contributed by atoms with Crippen molar-refractivity contribution in [2.45, 2.75) is 0 Å². The van der Waals surface area contributed by atoms with Gasteiger partial charge in [0.2, 0.25) is 0 Å². The number of alkyl halides is 3. The molecular weight excluding hydrogens is 318 g/mol.